The van der Waals surface area contributed by atoms with E-state index in [0.717, 1.165) is 31.4 Å². The molecule has 1 unspecified atom stereocenters. The van der Waals surface area contributed by atoms with E-state index in [9.17, 15) is 4.39 Å². The average molecular weight is 219 g/mol. The van der Waals surface area contributed by atoms with Gasteiger partial charge >= 0.3 is 0 Å². The van der Waals surface area contributed by atoms with Gasteiger partial charge in [-0.25, -0.2) is 4.39 Å². The van der Waals surface area contributed by atoms with Crippen LogP contribution in [0.1, 0.15) is 24.3 Å². The minimum absolute atomic E-state index is 0.180. The SMILES string of the molecule is Fc1cccc2c(C3CCCOC3)c[nH]c12. The quantitative estimate of drug-likeness (QED) is 0.782. The number of para-hydroxylation sites is 1. The molecule has 1 fully saturated rings. The molecule has 1 aliphatic rings. The fraction of sp³-hybridized carbons (Fsp3) is 0.385. The van der Waals surface area contributed by atoms with Gasteiger partial charge in [0.2, 0.25) is 0 Å². The molecule has 1 aromatic heterocycles. The van der Waals surface area contributed by atoms with Crippen LogP contribution in [0.15, 0.2) is 24.4 Å². The summed E-state index contributed by atoms with van der Waals surface area (Å²) < 4.78 is 19.0. The smallest absolute Gasteiger partial charge is 0.147 e. The van der Waals surface area contributed by atoms with E-state index in [1.807, 2.05) is 12.3 Å². The second-order valence-electron chi connectivity index (χ2n) is 4.32. The number of benzene rings is 1. The molecule has 0 saturated carbocycles. The normalized spacial score (nSPS) is 21.4. The zero-order valence-electron chi connectivity index (χ0n) is 9.00. The van der Waals surface area contributed by atoms with Gasteiger partial charge in [-0.3, -0.25) is 0 Å². The standard InChI is InChI=1S/C13H14FNO/c14-12-5-1-4-10-11(7-15-13(10)12)9-3-2-6-16-8-9/h1,4-5,7,9,15H,2-3,6,8H2. The van der Waals surface area contributed by atoms with Crippen LogP contribution in [-0.4, -0.2) is 18.2 Å². The summed E-state index contributed by atoms with van der Waals surface area (Å²) in [5.74, 6) is 0.227. The van der Waals surface area contributed by atoms with Crippen LogP contribution in [0.2, 0.25) is 0 Å². The van der Waals surface area contributed by atoms with E-state index in [4.69, 9.17) is 4.74 Å². The number of aromatic nitrogens is 1. The molecule has 2 heterocycles. The van der Waals surface area contributed by atoms with Crippen molar-refractivity contribution in [1.82, 2.24) is 4.98 Å². The molecular formula is C13H14FNO. The van der Waals surface area contributed by atoms with Gasteiger partial charge in [0.15, 0.2) is 0 Å². The lowest BCUT2D eigenvalue weighted by molar-refractivity contribution is 0.0808. The van der Waals surface area contributed by atoms with E-state index in [2.05, 4.69) is 4.98 Å². The van der Waals surface area contributed by atoms with Crippen molar-refractivity contribution >= 4 is 10.9 Å². The first-order valence-corrected chi connectivity index (χ1v) is 5.69. The number of H-pyrrole nitrogens is 1. The van der Waals surface area contributed by atoms with Crippen molar-refractivity contribution in [3.8, 4) is 0 Å². The summed E-state index contributed by atoms with van der Waals surface area (Å²) in [6, 6.07) is 5.22. The van der Waals surface area contributed by atoms with Gasteiger partial charge in [0.05, 0.1) is 12.1 Å². The van der Waals surface area contributed by atoms with Crippen molar-refractivity contribution in [1.29, 1.82) is 0 Å². The predicted molar refractivity (Wildman–Crippen MR) is 61.1 cm³/mol. The highest BCUT2D eigenvalue weighted by atomic mass is 19.1. The van der Waals surface area contributed by atoms with E-state index in [1.165, 1.54) is 11.6 Å². The van der Waals surface area contributed by atoms with E-state index in [0.29, 0.717) is 11.4 Å². The Balaban J connectivity index is 2.06. The highest BCUT2D eigenvalue weighted by Gasteiger charge is 2.19. The monoisotopic (exact) mass is 219 g/mol. The zero-order valence-corrected chi connectivity index (χ0v) is 9.00. The zero-order chi connectivity index (χ0) is 11.0. The van der Waals surface area contributed by atoms with Gasteiger partial charge in [0.1, 0.15) is 5.82 Å². The van der Waals surface area contributed by atoms with Crippen LogP contribution in [0.25, 0.3) is 10.9 Å². The van der Waals surface area contributed by atoms with Crippen LogP contribution in [0.4, 0.5) is 4.39 Å². The highest BCUT2D eigenvalue weighted by Crippen LogP contribution is 2.31. The van der Waals surface area contributed by atoms with E-state index < -0.39 is 0 Å². The number of hydrogen-bond acceptors (Lipinski definition) is 1. The number of fused-ring (bicyclic) bond motifs is 1. The minimum Gasteiger partial charge on any atom is -0.381 e. The number of halogens is 1. The summed E-state index contributed by atoms with van der Waals surface area (Å²) in [5.41, 5.74) is 1.80. The molecule has 1 aromatic carbocycles. The molecule has 1 atom stereocenters. The number of ether oxygens (including phenoxy) is 1. The Morgan fingerprint density at radius 2 is 2.31 bits per heavy atom. The number of nitrogens with one attached hydrogen (secondary N) is 1. The summed E-state index contributed by atoms with van der Waals surface area (Å²) >= 11 is 0. The van der Waals surface area contributed by atoms with Crippen molar-refractivity contribution in [2.24, 2.45) is 0 Å². The average Bonchev–Trinajstić information content (AvgIpc) is 2.75. The third-order valence-corrected chi connectivity index (χ3v) is 3.30. The van der Waals surface area contributed by atoms with E-state index in [-0.39, 0.29) is 5.82 Å². The summed E-state index contributed by atoms with van der Waals surface area (Å²) in [6.07, 6.45) is 4.14. The third-order valence-electron chi connectivity index (χ3n) is 3.30. The van der Waals surface area contributed by atoms with Gasteiger partial charge in [-0.15, -0.1) is 0 Å². The maximum Gasteiger partial charge on any atom is 0.147 e. The molecule has 0 amide bonds. The molecule has 2 aromatic rings. The Bertz CT molecular complexity index is 500. The Labute approximate surface area is 93.4 Å². The first-order valence-electron chi connectivity index (χ1n) is 5.69. The van der Waals surface area contributed by atoms with Crippen LogP contribution in [0.5, 0.6) is 0 Å². The van der Waals surface area contributed by atoms with Crippen molar-refractivity contribution in [3.05, 3.63) is 35.8 Å². The molecule has 0 bridgehead atoms. The van der Waals surface area contributed by atoms with E-state index >= 15 is 0 Å². The Morgan fingerprint density at radius 3 is 3.12 bits per heavy atom. The largest absolute Gasteiger partial charge is 0.381 e. The molecule has 3 heteroatoms. The van der Waals surface area contributed by atoms with E-state index in [1.54, 1.807) is 6.07 Å². The fourth-order valence-electron chi connectivity index (χ4n) is 2.46. The van der Waals surface area contributed by atoms with Crippen LogP contribution in [0, 0.1) is 5.82 Å². The molecule has 1 N–H and O–H groups in total. The highest BCUT2D eigenvalue weighted by molar-refractivity contribution is 5.84. The molecular weight excluding hydrogens is 205 g/mol. The second kappa shape index (κ2) is 3.91. The lowest BCUT2D eigenvalue weighted by Crippen LogP contribution is -2.15. The summed E-state index contributed by atoms with van der Waals surface area (Å²) in [5, 5.41) is 0.996. The molecule has 1 aliphatic heterocycles. The lowest BCUT2D eigenvalue weighted by Gasteiger charge is -2.21. The maximum atomic E-state index is 13.5. The topological polar surface area (TPSA) is 25.0 Å². The van der Waals surface area contributed by atoms with Gasteiger partial charge < -0.3 is 9.72 Å². The van der Waals surface area contributed by atoms with Gasteiger partial charge in [0, 0.05) is 24.1 Å². The minimum atomic E-state index is -0.180. The van der Waals surface area contributed by atoms with Gasteiger partial charge in [0.25, 0.3) is 0 Å². The first-order chi connectivity index (χ1) is 7.86. The molecule has 0 spiro atoms. The Hall–Kier alpha value is -1.35. The second-order valence-corrected chi connectivity index (χ2v) is 4.32. The van der Waals surface area contributed by atoms with Crippen molar-refractivity contribution in [2.45, 2.75) is 18.8 Å². The number of hydrogen-bond donors (Lipinski definition) is 1. The molecule has 1 saturated heterocycles. The number of rotatable bonds is 1. The molecule has 84 valence electrons. The molecule has 16 heavy (non-hydrogen) atoms. The fourth-order valence-corrected chi connectivity index (χ4v) is 2.46. The number of aromatic amines is 1. The predicted octanol–water partition coefficient (Wildman–Crippen LogP) is 3.20. The Kier molecular flexibility index (Phi) is 2.40. The summed E-state index contributed by atoms with van der Waals surface area (Å²) in [4.78, 5) is 3.02. The van der Waals surface area contributed by atoms with Gasteiger partial charge in [-0.05, 0) is 24.5 Å². The summed E-state index contributed by atoms with van der Waals surface area (Å²) in [6.45, 7) is 1.61. The Morgan fingerprint density at radius 1 is 1.38 bits per heavy atom. The van der Waals surface area contributed by atoms with Gasteiger partial charge in [-0.2, -0.15) is 0 Å². The van der Waals surface area contributed by atoms with Crippen molar-refractivity contribution in [3.63, 3.8) is 0 Å². The summed E-state index contributed by atoms with van der Waals surface area (Å²) in [7, 11) is 0. The maximum absolute atomic E-state index is 13.5. The van der Waals surface area contributed by atoms with Crippen LogP contribution < -0.4 is 0 Å². The molecule has 0 aliphatic carbocycles. The van der Waals surface area contributed by atoms with Crippen molar-refractivity contribution < 1.29 is 9.13 Å². The third kappa shape index (κ3) is 1.52. The van der Waals surface area contributed by atoms with Crippen molar-refractivity contribution in [2.75, 3.05) is 13.2 Å². The van der Waals surface area contributed by atoms with Gasteiger partial charge in [-0.1, -0.05) is 12.1 Å². The van der Waals surface area contributed by atoms with Crippen LogP contribution in [-0.2, 0) is 4.74 Å². The molecule has 0 radical (unpaired) electrons. The lowest BCUT2D eigenvalue weighted by atomic mass is 9.93. The van der Waals surface area contributed by atoms with Crippen LogP contribution >= 0.6 is 0 Å². The first kappa shape index (κ1) is 9.85. The van der Waals surface area contributed by atoms with Crippen LogP contribution in [0.3, 0.4) is 0 Å². The molecule has 2 nitrogen and oxygen atoms in total. The molecule has 3 rings (SSSR count).